The maximum atomic E-state index is 14.4. The molecule has 1 aromatic carbocycles. The summed E-state index contributed by atoms with van der Waals surface area (Å²) in [4.78, 5) is 4.25. The van der Waals surface area contributed by atoms with Crippen LogP contribution in [0.5, 0.6) is 11.6 Å². The molecule has 0 spiro atoms. The summed E-state index contributed by atoms with van der Waals surface area (Å²) in [5.41, 5.74) is 7.12. The molecule has 10 heteroatoms. The molecule has 1 aromatic heterocycles. The lowest BCUT2D eigenvalue weighted by Crippen LogP contribution is -2.39. The van der Waals surface area contributed by atoms with Crippen molar-refractivity contribution < 1.29 is 24.4 Å². The molecule has 2 aromatic rings. The Hall–Kier alpha value is -2.20. The fourth-order valence-corrected chi connectivity index (χ4v) is 3.37. The minimum atomic E-state index is -0.678. The second-order valence-corrected chi connectivity index (χ2v) is 8.28. The van der Waals surface area contributed by atoms with Crippen molar-refractivity contribution in [2.75, 3.05) is 13.2 Å². The zero-order valence-corrected chi connectivity index (χ0v) is 18.5. The van der Waals surface area contributed by atoms with E-state index in [1.54, 1.807) is 6.07 Å². The Bertz CT molecular complexity index is 943. The summed E-state index contributed by atoms with van der Waals surface area (Å²) in [5.74, 6) is -0.270. The summed E-state index contributed by atoms with van der Waals surface area (Å²) < 4.78 is 25.2. The molecule has 0 saturated carbocycles. The molecule has 0 aliphatic carbocycles. The van der Waals surface area contributed by atoms with Crippen molar-refractivity contribution in [3.8, 4) is 11.6 Å². The molecule has 162 valence electrons. The van der Waals surface area contributed by atoms with Gasteiger partial charge in [0.25, 0.3) is 0 Å². The van der Waals surface area contributed by atoms with E-state index < -0.39 is 11.9 Å². The molecule has 0 aliphatic heterocycles. The standard InChI is InChI=1S/C20H24ClFN4O3S/c1-10(2)29-20-11(3)4-12(7-26-20)18(24)30-19(25)14-5-16(22)17(6-15(14)21)28-9-13(23)8-27/h4-7,10,13,24-25,27H,8-9,23H2,1-3H3/p+1/t13-/m1/s1. The molecule has 0 unspecified atom stereocenters. The van der Waals surface area contributed by atoms with Gasteiger partial charge in [0.05, 0.1) is 29.3 Å². The van der Waals surface area contributed by atoms with E-state index in [0.717, 1.165) is 23.4 Å². The van der Waals surface area contributed by atoms with Gasteiger partial charge in [-0.3, -0.25) is 5.41 Å². The Morgan fingerprint density at radius 2 is 2.10 bits per heavy atom. The van der Waals surface area contributed by atoms with Crippen molar-refractivity contribution in [1.29, 1.82) is 5.41 Å². The molecule has 2 rings (SSSR count). The van der Waals surface area contributed by atoms with E-state index in [-0.39, 0.29) is 45.7 Å². The first-order chi connectivity index (χ1) is 14.1. The van der Waals surface area contributed by atoms with E-state index in [4.69, 9.17) is 42.7 Å². The number of nitrogens with one attached hydrogen (secondary N) is 1. The largest absolute Gasteiger partial charge is 0.489 e. The lowest BCUT2D eigenvalue weighted by molar-refractivity contribution is -0.107. The summed E-state index contributed by atoms with van der Waals surface area (Å²) in [6.07, 6.45) is 1.51. The van der Waals surface area contributed by atoms with Crippen molar-refractivity contribution in [3.05, 3.63) is 51.9 Å². The van der Waals surface area contributed by atoms with Crippen molar-refractivity contribution in [2.45, 2.75) is 32.9 Å². The molecule has 6 N–H and O–H groups in total. The highest BCUT2D eigenvalue weighted by atomic mass is 35.5. The van der Waals surface area contributed by atoms with Crippen molar-refractivity contribution >= 4 is 33.5 Å². The lowest BCUT2D eigenvalue weighted by Gasteiger charge is -2.13. The van der Waals surface area contributed by atoms with E-state index in [1.165, 1.54) is 12.3 Å². The van der Waals surface area contributed by atoms with Crippen LogP contribution in [0, 0.1) is 18.2 Å². The molecule has 30 heavy (non-hydrogen) atoms. The van der Waals surface area contributed by atoms with E-state index in [0.29, 0.717) is 11.4 Å². The predicted octanol–water partition coefficient (Wildman–Crippen LogP) is 1.93. The van der Waals surface area contributed by atoms with Gasteiger partial charge < -0.3 is 20.3 Å². The second-order valence-electron chi connectivity index (χ2n) is 6.82. The predicted molar refractivity (Wildman–Crippen MR) is 117 cm³/mol. The van der Waals surface area contributed by atoms with Crippen LogP contribution in [-0.4, -0.2) is 45.5 Å². The number of hydrogen-bond donors (Lipinski definition) is 4. The average Bonchev–Trinajstić information content (AvgIpc) is 2.68. The number of hydrogen-bond acceptors (Lipinski definition) is 7. The number of halogens is 2. The van der Waals surface area contributed by atoms with E-state index in [2.05, 4.69) is 4.98 Å². The van der Waals surface area contributed by atoms with Crippen LogP contribution in [0.25, 0.3) is 0 Å². The normalized spacial score (nSPS) is 12.0. The number of pyridine rings is 1. The van der Waals surface area contributed by atoms with Crippen molar-refractivity contribution in [3.63, 3.8) is 0 Å². The van der Waals surface area contributed by atoms with Crippen LogP contribution in [0.4, 0.5) is 4.39 Å². The first-order valence-corrected chi connectivity index (χ1v) is 10.3. The van der Waals surface area contributed by atoms with Crippen LogP contribution in [0.1, 0.15) is 30.5 Å². The summed E-state index contributed by atoms with van der Waals surface area (Å²) in [6.45, 7) is 5.30. The monoisotopic (exact) mass is 455 g/mol. The Balaban J connectivity index is 2.12. The molecule has 1 heterocycles. The Morgan fingerprint density at radius 1 is 1.40 bits per heavy atom. The van der Waals surface area contributed by atoms with Gasteiger partial charge in [-0.1, -0.05) is 11.6 Å². The SMILES string of the molecule is Cc1cc(C(=N)SC(=[NH2+])c2cc(F)c(OC[C@H](N)CO)cc2Cl)cnc1OC(C)C. The van der Waals surface area contributed by atoms with Gasteiger partial charge in [-0.25, -0.2) is 14.8 Å². The number of thioether (sulfide) groups is 1. The van der Waals surface area contributed by atoms with Gasteiger partial charge in [-0.05, 0) is 44.7 Å². The third-order valence-electron chi connectivity index (χ3n) is 3.83. The fraction of sp³-hybridized carbons (Fsp3) is 0.350. The number of nitrogens with zero attached hydrogens (tertiary/aromatic N) is 1. The average molecular weight is 456 g/mol. The zero-order chi connectivity index (χ0) is 22.4. The summed E-state index contributed by atoms with van der Waals surface area (Å²) in [7, 11) is 0. The number of aryl methyl sites for hydroxylation is 1. The van der Waals surface area contributed by atoms with Crippen molar-refractivity contribution in [1.82, 2.24) is 4.98 Å². The third-order valence-corrected chi connectivity index (χ3v) is 5.02. The number of benzene rings is 1. The van der Waals surface area contributed by atoms with Crippen LogP contribution in [-0.2, 0) is 0 Å². The van der Waals surface area contributed by atoms with E-state index in [9.17, 15) is 4.39 Å². The first-order valence-electron chi connectivity index (χ1n) is 9.13. The summed E-state index contributed by atoms with van der Waals surface area (Å²) in [5, 5.41) is 23.8. The highest BCUT2D eigenvalue weighted by Gasteiger charge is 2.21. The fourth-order valence-electron chi connectivity index (χ4n) is 2.33. The summed E-state index contributed by atoms with van der Waals surface area (Å²) >= 11 is 7.17. The molecule has 1 atom stereocenters. The van der Waals surface area contributed by atoms with Crippen LogP contribution < -0.4 is 20.6 Å². The maximum Gasteiger partial charge on any atom is 0.246 e. The van der Waals surface area contributed by atoms with Gasteiger partial charge in [0.15, 0.2) is 11.6 Å². The first kappa shape index (κ1) is 24.1. The van der Waals surface area contributed by atoms with Crippen LogP contribution in [0.3, 0.4) is 0 Å². The molecule has 0 amide bonds. The minimum Gasteiger partial charge on any atom is -0.489 e. The van der Waals surface area contributed by atoms with Gasteiger partial charge in [0.2, 0.25) is 10.9 Å². The van der Waals surface area contributed by atoms with Gasteiger partial charge >= 0.3 is 0 Å². The van der Waals surface area contributed by atoms with Gasteiger partial charge in [-0.15, -0.1) is 0 Å². The minimum absolute atomic E-state index is 0.0109. The molecule has 0 aliphatic rings. The van der Waals surface area contributed by atoms with E-state index >= 15 is 0 Å². The molecule has 0 bridgehead atoms. The zero-order valence-electron chi connectivity index (χ0n) is 16.9. The number of nitrogens with two attached hydrogens (primary N) is 2. The Kier molecular flexibility index (Phi) is 8.60. The lowest BCUT2D eigenvalue weighted by atomic mass is 10.2. The van der Waals surface area contributed by atoms with Crippen LogP contribution >= 0.6 is 23.4 Å². The molecular weight excluding hydrogens is 431 g/mol. The maximum absolute atomic E-state index is 14.4. The quantitative estimate of drug-likeness (QED) is 0.356. The Morgan fingerprint density at radius 3 is 2.70 bits per heavy atom. The smallest absolute Gasteiger partial charge is 0.246 e. The third kappa shape index (κ3) is 6.40. The number of aliphatic hydroxyl groups excluding tert-OH is 1. The van der Waals surface area contributed by atoms with Gasteiger partial charge in [-0.2, -0.15) is 0 Å². The molecule has 0 radical (unpaired) electrons. The van der Waals surface area contributed by atoms with Crippen LogP contribution in [0.15, 0.2) is 24.4 Å². The Labute approximate surface area is 183 Å². The highest BCUT2D eigenvalue weighted by Crippen LogP contribution is 2.29. The van der Waals surface area contributed by atoms with E-state index in [1.807, 2.05) is 20.8 Å². The number of aromatic nitrogens is 1. The molecule has 0 saturated heterocycles. The highest BCUT2D eigenvalue weighted by molar-refractivity contribution is 8.27. The topological polar surface area (TPSA) is 127 Å². The van der Waals surface area contributed by atoms with Crippen molar-refractivity contribution in [2.24, 2.45) is 5.73 Å². The summed E-state index contributed by atoms with van der Waals surface area (Å²) in [6, 6.07) is 3.57. The molecular formula is C20H25ClFN4O3S+. The number of aliphatic hydroxyl groups is 1. The van der Waals surface area contributed by atoms with Gasteiger partial charge in [0.1, 0.15) is 11.7 Å². The molecule has 7 nitrogen and oxygen atoms in total. The molecule has 0 fully saturated rings. The number of rotatable bonds is 8. The van der Waals surface area contributed by atoms with Crippen LogP contribution in [0.2, 0.25) is 5.02 Å². The number of ether oxygens (including phenoxy) is 2. The second kappa shape index (κ2) is 10.7. The van der Waals surface area contributed by atoms with Gasteiger partial charge in [0, 0.05) is 23.4 Å².